The highest BCUT2D eigenvalue weighted by Gasteiger charge is 2.21. The summed E-state index contributed by atoms with van der Waals surface area (Å²) in [6, 6.07) is 6.82. The molecule has 1 atom stereocenters. The third kappa shape index (κ3) is 4.00. The van der Waals surface area contributed by atoms with Crippen molar-refractivity contribution in [2.24, 2.45) is 11.7 Å². The van der Waals surface area contributed by atoms with Crippen LogP contribution < -0.4 is 5.73 Å². The number of nitrogens with two attached hydrogens (primary N) is 1. The van der Waals surface area contributed by atoms with Gasteiger partial charge in [0.2, 0.25) is 0 Å². The zero-order chi connectivity index (χ0) is 13.7. The van der Waals surface area contributed by atoms with Gasteiger partial charge >= 0.3 is 0 Å². The third-order valence-electron chi connectivity index (χ3n) is 3.88. The van der Waals surface area contributed by atoms with Crippen LogP contribution in [0, 0.1) is 11.7 Å². The fourth-order valence-corrected chi connectivity index (χ4v) is 2.75. The van der Waals surface area contributed by atoms with Crippen LogP contribution in [0.4, 0.5) is 4.39 Å². The van der Waals surface area contributed by atoms with Crippen molar-refractivity contribution in [2.75, 3.05) is 33.4 Å². The lowest BCUT2D eigenvalue weighted by Crippen LogP contribution is -2.36. The van der Waals surface area contributed by atoms with Crippen LogP contribution in [0.5, 0.6) is 0 Å². The Labute approximate surface area is 114 Å². The van der Waals surface area contributed by atoms with E-state index in [1.807, 2.05) is 6.07 Å². The SMILES string of the molecule is CN(CC1CCOCC1)C(CN)c1cccc(F)c1. The molecule has 0 aliphatic carbocycles. The van der Waals surface area contributed by atoms with Gasteiger partial charge in [0.15, 0.2) is 0 Å². The lowest BCUT2D eigenvalue weighted by atomic mass is 9.98. The first-order chi connectivity index (χ1) is 9.20. The molecule has 19 heavy (non-hydrogen) atoms. The molecule has 2 rings (SSSR count). The molecule has 1 fully saturated rings. The van der Waals surface area contributed by atoms with Crippen molar-refractivity contribution in [3.8, 4) is 0 Å². The zero-order valence-corrected chi connectivity index (χ0v) is 11.5. The van der Waals surface area contributed by atoms with Crippen molar-refractivity contribution >= 4 is 0 Å². The molecule has 1 heterocycles. The van der Waals surface area contributed by atoms with E-state index in [4.69, 9.17) is 10.5 Å². The molecule has 1 unspecified atom stereocenters. The minimum atomic E-state index is -0.199. The van der Waals surface area contributed by atoms with Gasteiger partial charge in [-0.05, 0) is 43.5 Å². The molecule has 2 N–H and O–H groups in total. The Balaban J connectivity index is 1.99. The van der Waals surface area contributed by atoms with Gasteiger partial charge in [-0.2, -0.15) is 0 Å². The fourth-order valence-electron chi connectivity index (χ4n) is 2.75. The summed E-state index contributed by atoms with van der Waals surface area (Å²) in [5.41, 5.74) is 6.83. The Morgan fingerprint density at radius 3 is 2.79 bits per heavy atom. The second-order valence-corrected chi connectivity index (χ2v) is 5.30. The Morgan fingerprint density at radius 1 is 1.42 bits per heavy atom. The quantitative estimate of drug-likeness (QED) is 0.888. The first-order valence-corrected chi connectivity index (χ1v) is 6.94. The minimum Gasteiger partial charge on any atom is -0.381 e. The second-order valence-electron chi connectivity index (χ2n) is 5.30. The molecule has 1 aromatic rings. The highest BCUT2D eigenvalue weighted by atomic mass is 19.1. The van der Waals surface area contributed by atoms with Crippen molar-refractivity contribution in [1.82, 2.24) is 4.90 Å². The molecular formula is C15H23FN2O. The summed E-state index contributed by atoms with van der Waals surface area (Å²) in [6.45, 7) is 3.20. The Morgan fingerprint density at radius 2 is 2.16 bits per heavy atom. The van der Waals surface area contributed by atoms with E-state index in [1.54, 1.807) is 12.1 Å². The topological polar surface area (TPSA) is 38.5 Å². The molecule has 1 saturated heterocycles. The predicted molar refractivity (Wildman–Crippen MR) is 74.4 cm³/mol. The van der Waals surface area contributed by atoms with Crippen molar-refractivity contribution in [2.45, 2.75) is 18.9 Å². The first kappa shape index (κ1) is 14.4. The first-order valence-electron chi connectivity index (χ1n) is 6.94. The molecule has 0 radical (unpaired) electrons. The number of likely N-dealkylation sites (N-methyl/N-ethyl adjacent to an activating group) is 1. The molecule has 0 saturated carbocycles. The van der Waals surface area contributed by atoms with E-state index in [2.05, 4.69) is 11.9 Å². The van der Waals surface area contributed by atoms with Crippen LogP contribution >= 0.6 is 0 Å². The average Bonchev–Trinajstić information content (AvgIpc) is 2.41. The Kier molecular flexibility index (Phi) is 5.31. The lowest BCUT2D eigenvalue weighted by Gasteiger charge is -2.32. The van der Waals surface area contributed by atoms with Gasteiger partial charge in [0.25, 0.3) is 0 Å². The Hall–Kier alpha value is -0.970. The number of ether oxygens (including phenoxy) is 1. The number of rotatable bonds is 5. The van der Waals surface area contributed by atoms with Crippen molar-refractivity contribution < 1.29 is 9.13 Å². The van der Waals surface area contributed by atoms with Gasteiger partial charge in [-0.1, -0.05) is 12.1 Å². The van der Waals surface area contributed by atoms with Crippen LogP contribution in [0.2, 0.25) is 0 Å². The summed E-state index contributed by atoms with van der Waals surface area (Å²) in [7, 11) is 2.07. The highest BCUT2D eigenvalue weighted by Crippen LogP contribution is 2.23. The Bertz CT molecular complexity index is 393. The summed E-state index contributed by atoms with van der Waals surface area (Å²) in [4.78, 5) is 2.24. The van der Waals surface area contributed by atoms with Gasteiger partial charge in [0.1, 0.15) is 5.82 Å². The van der Waals surface area contributed by atoms with E-state index in [1.165, 1.54) is 6.07 Å². The van der Waals surface area contributed by atoms with Crippen LogP contribution in [0.25, 0.3) is 0 Å². The molecule has 0 aromatic heterocycles. The van der Waals surface area contributed by atoms with Crippen LogP contribution in [0.3, 0.4) is 0 Å². The summed E-state index contributed by atoms with van der Waals surface area (Å²) in [5, 5.41) is 0. The molecule has 1 aromatic carbocycles. The lowest BCUT2D eigenvalue weighted by molar-refractivity contribution is 0.0507. The van der Waals surface area contributed by atoms with Crippen molar-refractivity contribution in [3.63, 3.8) is 0 Å². The van der Waals surface area contributed by atoms with E-state index in [0.29, 0.717) is 12.5 Å². The average molecular weight is 266 g/mol. The fraction of sp³-hybridized carbons (Fsp3) is 0.600. The van der Waals surface area contributed by atoms with E-state index in [-0.39, 0.29) is 11.9 Å². The summed E-state index contributed by atoms with van der Waals surface area (Å²) in [5.74, 6) is 0.455. The maximum atomic E-state index is 13.3. The number of halogens is 1. The van der Waals surface area contributed by atoms with Crippen LogP contribution in [0.1, 0.15) is 24.4 Å². The molecule has 0 spiro atoms. The maximum Gasteiger partial charge on any atom is 0.123 e. The number of hydrogen-bond donors (Lipinski definition) is 1. The van der Waals surface area contributed by atoms with Crippen LogP contribution in [-0.2, 0) is 4.74 Å². The van der Waals surface area contributed by atoms with Gasteiger partial charge in [-0.25, -0.2) is 4.39 Å². The van der Waals surface area contributed by atoms with Gasteiger partial charge in [0, 0.05) is 32.3 Å². The standard InChI is InChI=1S/C15H23FN2O/c1-18(11-12-5-7-19-8-6-12)15(10-17)13-3-2-4-14(16)9-13/h2-4,9,12,15H,5-8,10-11,17H2,1H3. The van der Waals surface area contributed by atoms with E-state index in [9.17, 15) is 4.39 Å². The summed E-state index contributed by atoms with van der Waals surface area (Å²) in [6.07, 6.45) is 2.20. The normalized spacial score (nSPS) is 18.7. The summed E-state index contributed by atoms with van der Waals surface area (Å²) >= 11 is 0. The third-order valence-corrected chi connectivity index (χ3v) is 3.88. The largest absolute Gasteiger partial charge is 0.381 e. The zero-order valence-electron chi connectivity index (χ0n) is 11.5. The van der Waals surface area contributed by atoms with Crippen LogP contribution in [-0.4, -0.2) is 38.3 Å². The monoisotopic (exact) mass is 266 g/mol. The van der Waals surface area contributed by atoms with Crippen molar-refractivity contribution in [3.05, 3.63) is 35.6 Å². The van der Waals surface area contributed by atoms with Crippen LogP contribution in [0.15, 0.2) is 24.3 Å². The number of nitrogens with zero attached hydrogens (tertiary/aromatic N) is 1. The van der Waals surface area contributed by atoms with E-state index < -0.39 is 0 Å². The summed E-state index contributed by atoms with van der Waals surface area (Å²) < 4.78 is 18.7. The molecule has 0 bridgehead atoms. The molecular weight excluding hydrogens is 243 g/mol. The smallest absolute Gasteiger partial charge is 0.123 e. The van der Waals surface area contributed by atoms with Gasteiger partial charge < -0.3 is 10.5 Å². The van der Waals surface area contributed by atoms with Gasteiger partial charge in [0.05, 0.1) is 0 Å². The van der Waals surface area contributed by atoms with Gasteiger partial charge in [-0.15, -0.1) is 0 Å². The molecule has 1 aliphatic rings. The highest BCUT2D eigenvalue weighted by molar-refractivity contribution is 5.20. The number of hydrogen-bond acceptors (Lipinski definition) is 3. The molecule has 106 valence electrons. The predicted octanol–water partition coefficient (Wildman–Crippen LogP) is 2.18. The van der Waals surface area contributed by atoms with Crippen molar-refractivity contribution in [1.29, 1.82) is 0 Å². The molecule has 4 heteroatoms. The van der Waals surface area contributed by atoms with Gasteiger partial charge in [-0.3, -0.25) is 4.90 Å². The minimum absolute atomic E-state index is 0.0820. The second kappa shape index (κ2) is 6.98. The molecule has 0 amide bonds. The van der Waals surface area contributed by atoms with E-state index >= 15 is 0 Å². The molecule has 1 aliphatic heterocycles. The maximum absolute atomic E-state index is 13.3. The number of benzene rings is 1. The van der Waals surface area contributed by atoms with E-state index in [0.717, 1.165) is 38.2 Å². The molecule has 3 nitrogen and oxygen atoms in total.